The second kappa shape index (κ2) is 5.91. The van der Waals surface area contributed by atoms with Gasteiger partial charge >= 0.3 is 0 Å². The summed E-state index contributed by atoms with van der Waals surface area (Å²) in [5.74, 6) is -1.95. The van der Waals surface area contributed by atoms with E-state index in [9.17, 15) is 14.4 Å². The lowest BCUT2D eigenvalue weighted by Gasteiger charge is -2.22. The number of carbonyl (C=O) groups excluding carboxylic acids is 3. The number of Topliss-reactive ketones (excluding diaryl/α,β-unsaturated/α-hetero) is 1. The smallest absolute Gasteiger partial charge is 0.259 e. The number of hydrogen-bond acceptors (Lipinski definition) is 5. The van der Waals surface area contributed by atoms with Gasteiger partial charge in [-0.1, -0.05) is 35.9 Å². The van der Waals surface area contributed by atoms with Crippen LogP contribution in [0.3, 0.4) is 0 Å². The number of benzene rings is 2. The van der Waals surface area contributed by atoms with Crippen LogP contribution in [0.1, 0.15) is 12.5 Å². The summed E-state index contributed by atoms with van der Waals surface area (Å²) in [5, 5.41) is 5.81. The molecule has 2 heterocycles. The van der Waals surface area contributed by atoms with Gasteiger partial charge in [-0.2, -0.15) is 5.10 Å². The first-order valence-corrected chi connectivity index (χ1v) is 8.37. The van der Waals surface area contributed by atoms with Crippen LogP contribution in [0.15, 0.2) is 59.7 Å². The van der Waals surface area contributed by atoms with E-state index in [0.717, 1.165) is 5.56 Å². The predicted molar refractivity (Wildman–Crippen MR) is 98.0 cm³/mol. The number of imide groups is 1. The first-order valence-electron chi connectivity index (χ1n) is 8.37. The van der Waals surface area contributed by atoms with E-state index in [4.69, 9.17) is 0 Å². The molecule has 6 heteroatoms. The van der Waals surface area contributed by atoms with Crippen LogP contribution < -0.4 is 9.91 Å². The van der Waals surface area contributed by atoms with Gasteiger partial charge in [0.05, 0.1) is 11.4 Å². The minimum atomic E-state index is -0.874. The molecule has 1 fully saturated rings. The van der Waals surface area contributed by atoms with Crippen molar-refractivity contribution in [1.82, 2.24) is 0 Å². The topological polar surface area (TPSA) is 70.1 Å². The molecular weight excluding hydrogens is 330 g/mol. The molecule has 26 heavy (non-hydrogen) atoms. The van der Waals surface area contributed by atoms with E-state index in [1.165, 1.54) is 16.8 Å². The number of amides is 2. The lowest BCUT2D eigenvalue weighted by molar-refractivity contribution is -0.122. The first-order chi connectivity index (χ1) is 12.5. The van der Waals surface area contributed by atoms with Crippen molar-refractivity contribution < 1.29 is 14.4 Å². The van der Waals surface area contributed by atoms with Crippen molar-refractivity contribution in [1.29, 1.82) is 0 Å². The molecule has 0 radical (unpaired) electrons. The highest BCUT2D eigenvalue weighted by Crippen LogP contribution is 2.37. The Kier molecular flexibility index (Phi) is 3.68. The number of hydrogen-bond donors (Lipinski definition) is 0. The number of hydrazone groups is 1. The Morgan fingerprint density at radius 1 is 0.923 bits per heavy atom. The Bertz CT molecular complexity index is 935. The zero-order valence-electron chi connectivity index (χ0n) is 14.4. The summed E-state index contributed by atoms with van der Waals surface area (Å²) in [6, 6.07) is 15.4. The predicted octanol–water partition coefficient (Wildman–Crippen LogP) is 2.32. The van der Waals surface area contributed by atoms with Gasteiger partial charge in [-0.3, -0.25) is 19.4 Å². The maximum atomic E-state index is 13.1. The fourth-order valence-corrected chi connectivity index (χ4v) is 3.45. The molecule has 0 bridgehead atoms. The van der Waals surface area contributed by atoms with E-state index in [1.54, 1.807) is 24.3 Å². The summed E-state index contributed by atoms with van der Waals surface area (Å²) in [6.45, 7) is 3.31. The molecule has 2 atom stereocenters. The van der Waals surface area contributed by atoms with E-state index in [1.807, 2.05) is 37.3 Å². The van der Waals surface area contributed by atoms with Crippen LogP contribution in [0, 0.1) is 12.8 Å². The van der Waals surface area contributed by atoms with Crippen LogP contribution in [0.25, 0.3) is 0 Å². The number of rotatable bonds is 3. The first kappa shape index (κ1) is 16.2. The summed E-state index contributed by atoms with van der Waals surface area (Å²) in [4.78, 5) is 39.4. The van der Waals surface area contributed by atoms with Gasteiger partial charge in [-0.05, 0) is 31.2 Å². The fourth-order valence-electron chi connectivity index (χ4n) is 3.45. The molecule has 0 unspecified atom stereocenters. The lowest BCUT2D eigenvalue weighted by Crippen LogP contribution is -2.39. The van der Waals surface area contributed by atoms with Gasteiger partial charge in [-0.25, -0.2) is 4.90 Å². The molecule has 6 nitrogen and oxygen atoms in total. The van der Waals surface area contributed by atoms with Crippen LogP contribution in [-0.2, 0) is 14.4 Å². The van der Waals surface area contributed by atoms with Gasteiger partial charge in [0.25, 0.3) is 5.91 Å². The van der Waals surface area contributed by atoms with Crippen LogP contribution in [0.5, 0.6) is 0 Å². The number of ketones is 1. The van der Waals surface area contributed by atoms with Crippen LogP contribution in [0.2, 0.25) is 0 Å². The van der Waals surface area contributed by atoms with Crippen molar-refractivity contribution in [2.24, 2.45) is 11.0 Å². The SMILES string of the molecule is CC(=O)C1=NN(c2ccccc2)[C@H]2C(=O)N(c3ccc(C)cc3)C(=O)[C@H]12. The number of fused-ring (bicyclic) bond motifs is 1. The average Bonchev–Trinajstić information content (AvgIpc) is 3.15. The molecule has 2 amide bonds. The van der Waals surface area contributed by atoms with Gasteiger partial charge in [0.15, 0.2) is 5.78 Å². The third-order valence-electron chi connectivity index (χ3n) is 4.72. The van der Waals surface area contributed by atoms with E-state index in [2.05, 4.69) is 5.10 Å². The highest BCUT2D eigenvalue weighted by atomic mass is 16.2. The molecule has 0 spiro atoms. The number of nitrogens with zero attached hydrogens (tertiary/aromatic N) is 3. The second-order valence-corrected chi connectivity index (χ2v) is 6.49. The second-order valence-electron chi connectivity index (χ2n) is 6.49. The Hall–Kier alpha value is -3.28. The molecule has 0 aliphatic carbocycles. The zero-order valence-corrected chi connectivity index (χ0v) is 14.4. The summed E-state index contributed by atoms with van der Waals surface area (Å²) < 4.78 is 0. The summed E-state index contributed by atoms with van der Waals surface area (Å²) in [6.07, 6.45) is 0. The maximum absolute atomic E-state index is 13.1. The minimum Gasteiger partial charge on any atom is -0.293 e. The third kappa shape index (κ3) is 2.34. The zero-order chi connectivity index (χ0) is 18.4. The van der Waals surface area contributed by atoms with Crippen molar-refractivity contribution in [2.75, 3.05) is 9.91 Å². The van der Waals surface area contributed by atoms with Gasteiger partial charge in [0.1, 0.15) is 17.7 Å². The van der Waals surface area contributed by atoms with Gasteiger partial charge in [0, 0.05) is 6.92 Å². The number of para-hydroxylation sites is 1. The van der Waals surface area contributed by atoms with Crippen molar-refractivity contribution in [3.05, 3.63) is 60.2 Å². The largest absolute Gasteiger partial charge is 0.293 e. The molecule has 4 rings (SSSR count). The summed E-state index contributed by atoms with van der Waals surface area (Å²) >= 11 is 0. The maximum Gasteiger partial charge on any atom is 0.259 e. The fraction of sp³-hybridized carbons (Fsp3) is 0.200. The van der Waals surface area contributed by atoms with Gasteiger partial charge in [0.2, 0.25) is 5.91 Å². The van der Waals surface area contributed by atoms with Crippen LogP contribution >= 0.6 is 0 Å². The minimum absolute atomic E-state index is 0.131. The molecule has 2 aliphatic heterocycles. The van der Waals surface area contributed by atoms with E-state index in [0.29, 0.717) is 11.4 Å². The highest BCUT2D eigenvalue weighted by molar-refractivity contribution is 6.48. The van der Waals surface area contributed by atoms with Crippen LogP contribution in [-0.4, -0.2) is 29.4 Å². The molecule has 2 aromatic rings. The Balaban J connectivity index is 1.80. The van der Waals surface area contributed by atoms with Gasteiger partial charge < -0.3 is 0 Å². The highest BCUT2D eigenvalue weighted by Gasteiger charge is 2.58. The summed E-state index contributed by atoms with van der Waals surface area (Å²) in [7, 11) is 0. The number of anilines is 2. The standard InChI is InChI=1S/C20H17N3O3/c1-12-8-10-14(11-9-12)22-19(25)16-17(13(2)24)21-23(18(16)20(22)26)15-6-4-3-5-7-15/h3-11,16,18H,1-2H3/t16-,18-/m1/s1. The Morgan fingerprint density at radius 3 is 2.19 bits per heavy atom. The van der Waals surface area contributed by atoms with E-state index >= 15 is 0 Å². The van der Waals surface area contributed by atoms with Crippen molar-refractivity contribution in [3.8, 4) is 0 Å². The van der Waals surface area contributed by atoms with Crippen molar-refractivity contribution in [2.45, 2.75) is 19.9 Å². The number of aryl methyl sites for hydroxylation is 1. The molecule has 2 aliphatic rings. The van der Waals surface area contributed by atoms with Gasteiger partial charge in [-0.15, -0.1) is 0 Å². The normalized spacial score (nSPS) is 21.8. The average molecular weight is 347 g/mol. The number of carbonyl (C=O) groups is 3. The molecule has 0 N–H and O–H groups in total. The molecule has 130 valence electrons. The Labute approximate surface area is 150 Å². The van der Waals surface area contributed by atoms with Crippen molar-refractivity contribution >= 4 is 34.7 Å². The molecule has 0 saturated carbocycles. The Morgan fingerprint density at radius 2 is 1.58 bits per heavy atom. The molecule has 1 saturated heterocycles. The van der Waals surface area contributed by atoms with E-state index in [-0.39, 0.29) is 17.4 Å². The van der Waals surface area contributed by atoms with Crippen LogP contribution in [0.4, 0.5) is 11.4 Å². The molecular formula is C20H17N3O3. The van der Waals surface area contributed by atoms with E-state index < -0.39 is 17.9 Å². The van der Waals surface area contributed by atoms with Crippen molar-refractivity contribution in [3.63, 3.8) is 0 Å². The quantitative estimate of drug-likeness (QED) is 0.799. The monoisotopic (exact) mass is 347 g/mol. The lowest BCUT2D eigenvalue weighted by atomic mass is 9.95. The summed E-state index contributed by atoms with van der Waals surface area (Å²) in [5.41, 5.74) is 2.35. The molecule has 0 aromatic heterocycles. The molecule has 2 aromatic carbocycles. The third-order valence-corrected chi connectivity index (χ3v) is 4.72.